The molecular weight excluding hydrogens is 323 g/mol. The van der Waals surface area contributed by atoms with E-state index in [1.54, 1.807) is 43.3 Å². The average molecular weight is 340 g/mol. The fraction of sp³-hybridized carbons (Fsp3) is 0.158. The molecule has 0 aliphatic heterocycles. The van der Waals surface area contributed by atoms with Crippen molar-refractivity contribution in [2.24, 2.45) is 0 Å². The highest BCUT2D eigenvalue weighted by Gasteiger charge is 2.16. The van der Waals surface area contributed by atoms with Crippen LogP contribution in [0.5, 0.6) is 5.75 Å². The lowest BCUT2D eigenvalue weighted by Crippen LogP contribution is -2.35. The number of aromatic nitrogens is 1. The Hall–Kier alpha value is -3.15. The first-order chi connectivity index (χ1) is 12.1. The second kappa shape index (κ2) is 7.61. The van der Waals surface area contributed by atoms with Gasteiger partial charge in [-0.3, -0.25) is 4.79 Å². The van der Waals surface area contributed by atoms with Crippen LogP contribution in [-0.2, 0) is 11.3 Å². The third kappa shape index (κ3) is 4.23. The van der Waals surface area contributed by atoms with Crippen molar-refractivity contribution in [1.82, 2.24) is 10.5 Å². The zero-order valence-corrected chi connectivity index (χ0v) is 13.6. The van der Waals surface area contributed by atoms with E-state index in [9.17, 15) is 9.18 Å². The van der Waals surface area contributed by atoms with Crippen LogP contribution in [0.2, 0.25) is 0 Å². The monoisotopic (exact) mass is 340 g/mol. The molecule has 0 spiro atoms. The lowest BCUT2D eigenvalue weighted by atomic mass is 10.1. The minimum Gasteiger partial charge on any atom is -0.481 e. The molecule has 3 aromatic rings. The van der Waals surface area contributed by atoms with Crippen molar-refractivity contribution in [1.29, 1.82) is 0 Å². The molecule has 0 bridgehead atoms. The predicted octanol–water partition coefficient (Wildman–Crippen LogP) is 3.56. The normalized spacial score (nSPS) is 11.8. The van der Waals surface area contributed by atoms with Crippen molar-refractivity contribution in [2.45, 2.75) is 19.6 Å². The van der Waals surface area contributed by atoms with Crippen molar-refractivity contribution < 1.29 is 18.4 Å². The van der Waals surface area contributed by atoms with E-state index < -0.39 is 6.10 Å². The van der Waals surface area contributed by atoms with Crippen LogP contribution in [0.15, 0.2) is 65.2 Å². The molecule has 1 heterocycles. The maximum Gasteiger partial charge on any atom is 0.261 e. The van der Waals surface area contributed by atoms with Gasteiger partial charge in [0.05, 0.1) is 12.1 Å². The Morgan fingerprint density at radius 3 is 2.68 bits per heavy atom. The van der Waals surface area contributed by atoms with Crippen molar-refractivity contribution in [3.8, 4) is 17.1 Å². The molecule has 5 nitrogen and oxygen atoms in total. The summed E-state index contributed by atoms with van der Waals surface area (Å²) in [6.45, 7) is 1.83. The van der Waals surface area contributed by atoms with Crippen LogP contribution in [0.4, 0.5) is 4.39 Å². The highest BCUT2D eigenvalue weighted by atomic mass is 19.1. The maximum atomic E-state index is 13.7. The lowest BCUT2D eigenvalue weighted by molar-refractivity contribution is -0.127. The standard InChI is InChI=1S/C19H17FN2O3/c1-13(24-15-7-3-2-4-8-15)19(23)21-12-14-11-18(25-22-14)16-9-5-6-10-17(16)20/h2-11,13H,12H2,1H3,(H,21,23). The summed E-state index contributed by atoms with van der Waals surface area (Å²) in [5.74, 6) is 0.266. The lowest BCUT2D eigenvalue weighted by Gasteiger charge is -2.13. The van der Waals surface area contributed by atoms with Gasteiger partial charge in [0.2, 0.25) is 0 Å². The summed E-state index contributed by atoms with van der Waals surface area (Å²) in [6.07, 6.45) is -0.652. The SMILES string of the molecule is CC(Oc1ccccc1)C(=O)NCc1cc(-c2ccccc2F)on1. The summed E-state index contributed by atoms with van der Waals surface area (Å²) in [6, 6.07) is 17.0. The number of ether oxygens (including phenoxy) is 1. The molecule has 1 N–H and O–H groups in total. The number of rotatable bonds is 6. The van der Waals surface area contributed by atoms with Crippen LogP contribution in [0.3, 0.4) is 0 Å². The number of benzene rings is 2. The van der Waals surface area contributed by atoms with E-state index in [4.69, 9.17) is 9.26 Å². The molecule has 2 aromatic carbocycles. The largest absolute Gasteiger partial charge is 0.481 e. The third-order valence-electron chi connectivity index (χ3n) is 3.57. The van der Waals surface area contributed by atoms with Crippen LogP contribution < -0.4 is 10.1 Å². The second-order valence-electron chi connectivity index (χ2n) is 5.45. The molecule has 0 saturated heterocycles. The van der Waals surface area contributed by atoms with E-state index in [0.29, 0.717) is 22.8 Å². The molecule has 1 unspecified atom stereocenters. The summed E-state index contributed by atoms with van der Waals surface area (Å²) in [5, 5.41) is 6.57. The number of amides is 1. The van der Waals surface area contributed by atoms with E-state index in [2.05, 4.69) is 10.5 Å². The van der Waals surface area contributed by atoms with Gasteiger partial charge >= 0.3 is 0 Å². The molecular formula is C19H17FN2O3. The van der Waals surface area contributed by atoms with E-state index in [1.165, 1.54) is 6.07 Å². The summed E-state index contributed by atoms with van der Waals surface area (Å²) in [4.78, 5) is 12.1. The highest BCUT2D eigenvalue weighted by Crippen LogP contribution is 2.23. The number of nitrogens with zero attached hydrogens (tertiary/aromatic N) is 1. The van der Waals surface area contributed by atoms with E-state index >= 15 is 0 Å². The molecule has 1 atom stereocenters. The molecule has 0 radical (unpaired) electrons. The average Bonchev–Trinajstić information content (AvgIpc) is 3.09. The smallest absolute Gasteiger partial charge is 0.261 e. The zero-order valence-electron chi connectivity index (χ0n) is 13.6. The minimum absolute atomic E-state index is 0.166. The molecule has 1 aromatic heterocycles. The summed E-state index contributed by atoms with van der Waals surface area (Å²) < 4.78 is 24.4. The summed E-state index contributed by atoms with van der Waals surface area (Å²) in [7, 11) is 0. The Morgan fingerprint density at radius 1 is 1.20 bits per heavy atom. The van der Waals surface area contributed by atoms with E-state index in [0.717, 1.165) is 0 Å². The summed E-state index contributed by atoms with van der Waals surface area (Å²) >= 11 is 0. The van der Waals surface area contributed by atoms with Gasteiger partial charge in [0, 0.05) is 6.07 Å². The van der Waals surface area contributed by atoms with Gasteiger partial charge in [0.15, 0.2) is 11.9 Å². The van der Waals surface area contributed by atoms with E-state index in [1.807, 2.05) is 18.2 Å². The molecule has 3 rings (SSSR count). The Morgan fingerprint density at radius 2 is 1.92 bits per heavy atom. The number of hydrogen-bond acceptors (Lipinski definition) is 4. The number of carbonyl (C=O) groups is 1. The number of halogens is 1. The zero-order chi connectivity index (χ0) is 17.6. The number of carbonyl (C=O) groups excluding carboxylic acids is 1. The van der Waals surface area contributed by atoms with Gasteiger partial charge in [-0.2, -0.15) is 0 Å². The quantitative estimate of drug-likeness (QED) is 0.745. The Labute approximate surface area is 144 Å². The van der Waals surface area contributed by atoms with Crippen molar-refractivity contribution in [2.75, 3.05) is 0 Å². The highest BCUT2D eigenvalue weighted by molar-refractivity contribution is 5.80. The number of para-hydroxylation sites is 1. The van der Waals surface area contributed by atoms with Gasteiger partial charge in [0.25, 0.3) is 5.91 Å². The van der Waals surface area contributed by atoms with Gasteiger partial charge in [-0.25, -0.2) is 4.39 Å². The topological polar surface area (TPSA) is 64.4 Å². The van der Waals surface area contributed by atoms with E-state index in [-0.39, 0.29) is 18.3 Å². The molecule has 128 valence electrons. The first-order valence-electron chi connectivity index (χ1n) is 7.83. The second-order valence-corrected chi connectivity index (χ2v) is 5.45. The van der Waals surface area contributed by atoms with Gasteiger partial charge < -0.3 is 14.6 Å². The maximum absolute atomic E-state index is 13.7. The molecule has 25 heavy (non-hydrogen) atoms. The molecule has 1 amide bonds. The summed E-state index contributed by atoms with van der Waals surface area (Å²) in [5.41, 5.74) is 0.826. The fourth-order valence-corrected chi connectivity index (χ4v) is 2.26. The Kier molecular flexibility index (Phi) is 5.09. The van der Waals surface area contributed by atoms with Crippen LogP contribution >= 0.6 is 0 Å². The molecule has 6 heteroatoms. The predicted molar refractivity (Wildman–Crippen MR) is 90.3 cm³/mol. The Bertz CT molecular complexity index is 849. The number of nitrogens with one attached hydrogen (secondary N) is 1. The van der Waals surface area contributed by atoms with Crippen LogP contribution in [0, 0.1) is 5.82 Å². The van der Waals surface area contributed by atoms with Gasteiger partial charge in [-0.05, 0) is 31.2 Å². The first-order valence-corrected chi connectivity index (χ1v) is 7.83. The van der Waals surface area contributed by atoms with Gasteiger partial charge in [-0.1, -0.05) is 35.5 Å². The van der Waals surface area contributed by atoms with Crippen LogP contribution in [0.1, 0.15) is 12.6 Å². The van der Waals surface area contributed by atoms with Crippen molar-refractivity contribution in [3.63, 3.8) is 0 Å². The minimum atomic E-state index is -0.652. The third-order valence-corrected chi connectivity index (χ3v) is 3.57. The van der Waals surface area contributed by atoms with Crippen LogP contribution in [-0.4, -0.2) is 17.2 Å². The van der Waals surface area contributed by atoms with Crippen molar-refractivity contribution >= 4 is 5.91 Å². The first kappa shape index (κ1) is 16.7. The molecule has 0 aliphatic carbocycles. The van der Waals surface area contributed by atoms with Gasteiger partial charge in [0.1, 0.15) is 17.3 Å². The Balaban J connectivity index is 1.57. The molecule has 0 fully saturated rings. The number of hydrogen-bond donors (Lipinski definition) is 1. The molecule has 0 aliphatic rings. The van der Waals surface area contributed by atoms with Crippen molar-refractivity contribution in [3.05, 3.63) is 72.2 Å². The van der Waals surface area contributed by atoms with Crippen LogP contribution in [0.25, 0.3) is 11.3 Å². The molecule has 0 saturated carbocycles. The fourth-order valence-electron chi connectivity index (χ4n) is 2.26. The van der Waals surface area contributed by atoms with Gasteiger partial charge in [-0.15, -0.1) is 0 Å².